The zero-order valence-electron chi connectivity index (χ0n) is 11.3. The number of halogens is 1. The summed E-state index contributed by atoms with van der Waals surface area (Å²) in [6, 6.07) is 11.7. The highest BCUT2D eigenvalue weighted by molar-refractivity contribution is 9.10. The van der Waals surface area contributed by atoms with Crippen molar-refractivity contribution in [3.63, 3.8) is 0 Å². The number of nitrogens with one attached hydrogen (secondary N) is 1. The zero-order valence-corrected chi connectivity index (χ0v) is 13.7. The number of hydrogen-bond donors (Lipinski definition) is 2. The molecule has 2 aromatic rings. The topological polar surface area (TPSA) is 81.4 Å². The molecule has 2 aromatic carbocycles. The van der Waals surface area contributed by atoms with Crippen LogP contribution >= 0.6 is 15.9 Å². The molecular formula is C14H15BrN2O3S. The third-order valence-electron chi connectivity index (χ3n) is 2.89. The number of methoxy groups -OCH3 is 1. The number of nitrogens with two attached hydrogens (primary N) is 1. The first kappa shape index (κ1) is 15.8. The lowest BCUT2D eigenvalue weighted by molar-refractivity contribution is 0.417. The van der Waals surface area contributed by atoms with Crippen molar-refractivity contribution in [2.24, 2.45) is 5.73 Å². The Hall–Kier alpha value is -1.57. The summed E-state index contributed by atoms with van der Waals surface area (Å²) >= 11 is 3.31. The fourth-order valence-corrected chi connectivity index (χ4v) is 3.57. The van der Waals surface area contributed by atoms with E-state index in [0.717, 1.165) is 4.47 Å². The van der Waals surface area contributed by atoms with Crippen molar-refractivity contribution in [1.29, 1.82) is 0 Å². The van der Waals surface area contributed by atoms with Crippen LogP contribution in [0.1, 0.15) is 5.56 Å². The van der Waals surface area contributed by atoms with E-state index >= 15 is 0 Å². The third kappa shape index (κ3) is 3.55. The van der Waals surface area contributed by atoms with Gasteiger partial charge in [-0.15, -0.1) is 0 Å². The number of ether oxygens (including phenoxy) is 1. The molecule has 0 aromatic heterocycles. The predicted octanol–water partition coefficient (Wildman–Crippen LogP) is 2.72. The first-order chi connectivity index (χ1) is 9.97. The first-order valence-electron chi connectivity index (χ1n) is 6.12. The molecule has 7 heteroatoms. The van der Waals surface area contributed by atoms with Gasteiger partial charge in [0.05, 0.1) is 17.7 Å². The summed E-state index contributed by atoms with van der Waals surface area (Å²) in [5.41, 5.74) is 6.51. The van der Waals surface area contributed by atoms with Gasteiger partial charge in [0.2, 0.25) is 0 Å². The molecule has 0 amide bonds. The Morgan fingerprint density at radius 3 is 2.62 bits per heavy atom. The van der Waals surface area contributed by atoms with Gasteiger partial charge in [-0.25, -0.2) is 8.42 Å². The van der Waals surface area contributed by atoms with Crippen molar-refractivity contribution >= 4 is 31.6 Å². The fraction of sp³-hybridized carbons (Fsp3) is 0.143. The molecule has 2 rings (SSSR count). The van der Waals surface area contributed by atoms with Gasteiger partial charge in [0.15, 0.2) is 0 Å². The van der Waals surface area contributed by atoms with Crippen LogP contribution in [0.4, 0.5) is 5.69 Å². The molecule has 0 fully saturated rings. The van der Waals surface area contributed by atoms with Crippen LogP contribution < -0.4 is 15.2 Å². The smallest absolute Gasteiger partial charge is 0.262 e. The Kier molecular flexibility index (Phi) is 4.87. The van der Waals surface area contributed by atoms with Gasteiger partial charge >= 0.3 is 0 Å². The molecule has 21 heavy (non-hydrogen) atoms. The molecule has 0 aliphatic rings. The molecule has 112 valence electrons. The van der Waals surface area contributed by atoms with Gasteiger partial charge < -0.3 is 10.5 Å². The Labute approximate surface area is 132 Å². The van der Waals surface area contributed by atoms with Gasteiger partial charge in [-0.2, -0.15) is 0 Å². The quantitative estimate of drug-likeness (QED) is 0.847. The van der Waals surface area contributed by atoms with Crippen LogP contribution in [0.5, 0.6) is 5.75 Å². The summed E-state index contributed by atoms with van der Waals surface area (Å²) < 4.78 is 33.5. The highest BCUT2D eigenvalue weighted by Gasteiger charge is 2.19. The van der Waals surface area contributed by atoms with E-state index < -0.39 is 10.0 Å². The highest BCUT2D eigenvalue weighted by Crippen LogP contribution is 2.30. The summed E-state index contributed by atoms with van der Waals surface area (Å²) in [4.78, 5) is 0.162. The van der Waals surface area contributed by atoms with Gasteiger partial charge in [-0.1, -0.05) is 34.1 Å². The molecule has 0 unspecified atom stereocenters. The molecule has 0 bridgehead atoms. The van der Waals surface area contributed by atoms with Crippen LogP contribution in [-0.4, -0.2) is 15.5 Å². The lowest BCUT2D eigenvalue weighted by atomic mass is 10.2. The molecule has 3 N–H and O–H groups in total. The van der Waals surface area contributed by atoms with E-state index in [-0.39, 0.29) is 11.4 Å². The summed E-state index contributed by atoms with van der Waals surface area (Å²) in [7, 11) is -2.26. The summed E-state index contributed by atoms with van der Waals surface area (Å²) in [6.45, 7) is 0.146. The van der Waals surface area contributed by atoms with Gasteiger partial charge in [-0.05, 0) is 29.8 Å². The standard InChI is InChI=1S/C14H15BrN2O3S/c1-20-13-7-6-11(15)8-12(13)17-21(18,19)14-5-3-2-4-10(14)9-16/h2-8,17H,9,16H2,1H3. The molecule has 0 saturated carbocycles. The second kappa shape index (κ2) is 6.46. The van der Waals surface area contributed by atoms with E-state index in [1.807, 2.05) is 0 Å². The van der Waals surface area contributed by atoms with Crippen molar-refractivity contribution < 1.29 is 13.2 Å². The molecule has 0 heterocycles. The average Bonchev–Trinajstić information content (AvgIpc) is 2.47. The van der Waals surface area contributed by atoms with Gasteiger partial charge in [0.1, 0.15) is 5.75 Å². The minimum atomic E-state index is -3.74. The Morgan fingerprint density at radius 2 is 1.95 bits per heavy atom. The average molecular weight is 371 g/mol. The molecular weight excluding hydrogens is 356 g/mol. The van der Waals surface area contributed by atoms with Crippen LogP contribution in [0.2, 0.25) is 0 Å². The van der Waals surface area contributed by atoms with Gasteiger partial charge in [0, 0.05) is 11.0 Å². The Balaban J connectivity index is 2.45. The SMILES string of the molecule is COc1ccc(Br)cc1NS(=O)(=O)c1ccccc1CN. The Morgan fingerprint density at radius 1 is 1.24 bits per heavy atom. The number of hydrogen-bond acceptors (Lipinski definition) is 4. The van der Waals surface area contributed by atoms with Crippen LogP contribution in [0.3, 0.4) is 0 Å². The maximum atomic E-state index is 12.5. The van der Waals surface area contributed by atoms with Crippen LogP contribution in [0.25, 0.3) is 0 Å². The second-order valence-corrected chi connectivity index (χ2v) is 6.83. The third-order valence-corrected chi connectivity index (χ3v) is 4.85. The fourth-order valence-electron chi connectivity index (χ4n) is 1.89. The number of anilines is 1. The molecule has 0 aliphatic heterocycles. The van der Waals surface area contributed by atoms with Crippen molar-refractivity contribution in [3.8, 4) is 5.75 Å². The molecule has 0 spiro atoms. The van der Waals surface area contributed by atoms with Crippen molar-refractivity contribution in [3.05, 3.63) is 52.5 Å². The van der Waals surface area contributed by atoms with Crippen LogP contribution in [0, 0.1) is 0 Å². The number of rotatable bonds is 5. The van der Waals surface area contributed by atoms with E-state index in [4.69, 9.17) is 10.5 Å². The lowest BCUT2D eigenvalue weighted by Gasteiger charge is -2.14. The van der Waals surface area contributed by atoms with Crippen molar-refractivity contribution in [2.75, 3.05) is 11.8 Å². The molecule has 0 atom stereocenters. The summed E-state index contributed by atoms with van der Waals surface area (Å²) in [6.07, 6.45) is 0. The van der Waals surface area contributed by atoms with Gasteiger partial charge in [0.25, 0.3) is 10.0 Å². The number of sulfonamides is 1. The predicted molar refractivity (Wildman–Crippen MR) is 85.8 cm³/mol. The van der Waals surface area contributed by atoms with E-state index in [9.17, 15) is 8.42 Å². The normalized spacial score (nSPS) is 11.2. The minimum Gasteiger partial charge on any atom is -0.495 e. The molecule has 0 aliphatic carbocycles. The molecule has 0 saturated heterocycles. The largest absolute Gasteiger partial charge is 0.495 e. The van der Waals surface area contributed by atoms with E-state index in [0.29, 0.717) is 17.0 Å². The lowest BCUT2D eigenvalue weighted by Crippen LogP contribution is -2.16. The maximum Gasteiger partial charge on any atom is 0.262 e. The monoisotopic (exact) mass is 370 g/mol. The Bertz CT molecular complexity index is 748. The molecule has 0 radical (unpaired) electrons. The summed E-state index contributed by atoms with van der Waals surface area (Å²) in [5, 5.41) is 0. The van der Waals surface area contributed by atoms with E-state index in [2.05, 4.69) is 20.7 Å². The van der Waals surface area contributed by atoms with Crippen LogP contribution in [0.15, 0.2) is 51.8 Å². The van der Waals surface area contributed by atoms with Gasteiger partial charge in [-0.3, -0.25) is 4.72 Å². The zero-order chi connectivity index (χ0) is 15.5. The van der Waals surface area contributed by atoms with Crippen molar-refractivity contribution in [1.82, 2.24) is 0 Å². The number of benzene rings is 2. The highest BCUT2D eigenvalue weighted by atomic mass is 79.9. The van der Waals surface area contributed by atoms with E-state index in [1.54, 1.807) is 36.4 Å². The first-order valence-corrected chi connectivity index (χ1v) is 8.40. The minimum absolute atomic E-state index is 0.146. The molecule has 5 nitrogen and oxygen atoms in total. The van der Waals surface area contributed by atoms with Crippen molar-refractivity contribution in [2.45, 2.75) is 11.4 Å². The van der Waals surface area contributed by atoms with Crippen LogP contribution in [-0.2, 0) is 16.6 Å². The second-order valence-electron chi connectivity index (χ2n) is 4.26. The maximum absolute atomic E-state index is 12.5. The summed E-state index contributed by atoms with van der Waals surface area (Å²) in [5.74, 6) is 0.437. The van der Waals surface area contributed by atoms with E-state index in [1.165, 1.54) is 13.2 Å².